The van der Waals surface area contributed by atoms with E-state index in [1.165, 1.54) is 36.0 Å². The maximum Gasteiger partial charge on any atom is 0.254 e. The van der Waals surface area contributed by atoms with E-state index >= 15 is 0 Å². The molecule has 2 aromatic rings. The van der Waals surface area contributed by atoms with Gasteiger partial charge in [0.25, 0.3) is 5.91 Å². The Labute approximate surface area is 213 Å². The normalized spacial score (nSPS) is 17.1. The number of amidine groups is 1. The number of benzene rings is 2. The van der Waals surface area contributed by atoms with Crippen LogP contribution in [0.5, 0.6) is 0 Å². The van der Waals surface area contributed by atoms with E-state index in [0.717, 1.165) is 11.1 Å². The number of nitrogens with one attached hydrogen (secondary N) is 1. The second-order valence-electron chi connectivity index (χ2n) is 9.03. The summed E-state index contributed by atoms with van der Waals surface area (Å²) in [7, 11) is 1.74. The smallest absolute Gasteiger partial charge is 0.254 e. The van der Waals surface area contributed by atoms with Crippen LogP contribution in [0, 0.1) is 11.6 Å². The molecule has 2 aliphatic rings. The molecular weight excluding hydrogens is 482 g/mol. The van der Waals surface area contributed by atoms with Crippen LogP contribution in [0.2, 0.25) is 0 Å². The molecule has 0 spiro atoms. The number of amides is 2. The van der Waals surface area contributed by atoms with Crippen LogP contribution in [0.4, 0.5) is 8.78 Å². The number of likely N-dealkylation sites (N-methyl/N-ethyl adjacent to an activating group) is 1. The Morgan fingerprint density at radius 1 is 1.08 bits per heavy atom. The van der Waals surface area contributed by atoms with Gasteiger partial charge in [-0.1, -0.05) is 36.0 Å². The molecule has 0 unspecified atom stereocenters. The molecule has 0 fully saturated rings. The Hall–Kier alpha value is -3.46. The first-order chi connectivity index (χ1) is 17.2. The summed E-state index contributed by atoms with van der Waals surface area (Å²) in [6.45, 7) is 5.93. The van der Waals surface area contributed by atoms with Gasteiger partial charge in [0, 0.05) is 25.3 Å². The molecule has 36 heavy (non-hydrogen) atoms. The van der Waals surface area contributed by atoms with Crippen LogP contribution in [-0.2, 0) is 16.1 Å². The first-order valence-electron chi connectivity index (χ1n) is 11.6. The number of fused-ring (bicyclic) bond motifs is 1. The van der Waals surface area contributed by atoms with Crippen molar-refractivity contribution >= 4 is 28.7 Å². The number of carbonyl (C=O) groups is 2. The Morgan fingerprint density at radius 2 is 1.69 bits per heavy atom. The van der Waals surface area contributed by atoms with Crippen LogP contribution >= 0.6 is 11.8 Å². The second-order valence-corrected chi connectivity index (χ2v) is 9.87. The van der Waals surface area contributed by atoms with Crippen molar-refractivity contribution in [3.8, 4) is 0 Å². The van der Waals surface area contributed by atoms with Gasteiger partial charge in [0.2, 0.25) is 5.91 Å². The average Bonchev–Trinajstić information content (AvgIpc) is 3.24. The van der Waals surface area contributed by atoms with Gasteiger partial charge in [0.05, 0.1) is 23.7 Å². The number of rotatable bonds is 7. The molecule has 1 N–H and O–H groups in total. The molecule has 0 radical (unpaired) electrons. The maximum absolute atomic E-state index is 13.8. The Balaban J connectivity index is 1.62. The highest BCUT2D eigenvalue weighted by atomic mass is 32.2. The van der Waals surface area contributed by atoms with E-state index in [2.05, 4.69) is 10.3 Å². The molecule has 0 aromatic heterocycles. The third kappa shape index (κ3) is 5.36. The number of thioether (sulfide) groups is 1. The van der Waals surface area contributed by atoms with E-state index in [1.807, 2.05) is 24.2 Å². The molecule has 9 heteroatoms. The quantitative estimate of drug-likeness (QED) is 0.562. The van der Waals surface area contributed by atoms with Crippen molar-refractivity contribution in [1.82, 2.24) is 15.1 Å². The van der Waals surface area contributed by atoms with Gasteiger partial charge in [0.15, 0.2) is 5.17 Å². The predicted octanol–water partition coefficient (Wildman–Crippen LogP) is 5.11. The van der Waals surface area contributed by atoms with Crippen LogP contribution in [0.15, 0.2) is 75.9 Å². The third-order valence-corrected chi connectivity index (χ3v) is 7.15. The van der Waals surface area contributed by atoms with E-state index in [-0.39, 0.29) is 42.5 Å². The first kappa shape index (κ1) is 25.6. The Kier molecular flexibility index (Phi) is 7.59. The molecule has 0 aliphatic carbocycles. The van der Waals surface area contributed by atoms with Gasteiger partial charge < -0.3 is 15.1 Å². The summed E-state index contributed by atoms with van der Waals surface area (Å²) in [6.07, 6.45) is 0.0610. The van der Waals surface area contributed by atoms with Gasteiger partial charge in [-0.3, -0.25) is 9.59 Å². The zero-order valence-corrected chi connectivity index (χ0v) is 21.4. The highest BCUT2D eigenvalue weighted by Gasteiger charge is 2.41. The summed E-state index contributed by atoms with van der Waals surface area (Å²) >= 11 is 1.39. The summed E-state index contributed by atoms with van der Waals surface area (Å²) in [6, 6.07) is 11.4. The Bertz CT molecular complexity index is 1250. The molecule has 2 aliphatic heterocycles. The van der Waals surface area contributed by atoms with Crippen molar-refractivity contribution in [3.05, 3.63) is 93.7 Å². The van der Waals surface area contributed by atoms with Crippen LogP contribution in [0.3, 0.4) is 0 Å². The molecular formula is C27H28F2N4O2S. The molecule has 188 valence electrons. The lowest BCUT2D eigenvalue weighted by molar-refractivity contribution is -0.128. The van der Waals surface area contributed by atoms with Gasteiger partial charge in [-0.25, -0.2) is 13.8 Å². The summed E-state index contributed by atoms with van der Waals surface area (Å²) in [4.78, 5) is 34.6. The summed E-state index contributed by atoms with van der Waals surface area (Å²) in [5.74, 6) is -1.10. The minimum Gasteiger partial charge on any atom is -0.352 e. The van der Waals surface area contributed by atoms with Crippen LogP contribution < -0.4 is 5.32 Å². The van der Waals surface area contributed by atoms with Gasteiger partial charge in [-0.05, 0) is 61.6 Å². The molecule has 2 amide bonds. The maximum atomic E-state index is 13.8. The highest BCUT2D eigenvalue weighted by molar-refractivity contribution is 8.16. The SMILES string of the molecule is CC1=C(C(=O)N(C)C(C)C)[C@@H](c2ccc(F)cc2)N2C(CC(=O)NCc3ccc(F)cc3)=CSC2=N1. The van der Waals surface area contributed by atoms with E-state index in [9.17, 15) is 18.4 Å². The van der Waals surface area contributed by atoms with E-state index in [1.54, 1.807) is 43.1 Å². The number of hydrogen-bond acceptors (Lipinski definition) is 5. The number of carbonyl (C=O) groups excluding carboxylic acids is 2. The number of hydrogen-bond donors (Lipinski definition) is 1. The van der Waals surface area contributed by atoms with E-state index in [0.29, 0.717) is 22.1 Å². The average molecular weight is 511 g/mol. The number of nitrogens with zero attached hydrogens (tertiary/aromatic N) is 3. The topological polar surface area (TPSA) is 65.0 Å². The molecule has 0 saturated heterocycles. The predicted molar refractivity (Wildman–Crippen MR) is 138 cm³/mol. The molecule has 6 nitrogen and oxygen atoms in total. The number of halogens is 2. The summed E-state index contributed by atoms with van der Waals surface area (Å²) in [5.41, 5.74) is 3.28. The fourth-order valence-electron chi connectivity index (χ4n) is 4.06. The zero-order chi connectivity index (χ0) is 26.0. The molecule has 2 aromatic carbocycles. The Morgan fingerprint density at radius 3 is 2.31 bits per heavy atom. The van der Waals surface area contributed by atoms with Crippen LogP contribution in [0.25, 0.3) is 0 Å². The molecule has 1 atom stereocenters. The van der Waals surface area contributed by atoms with E-state index in [4.69, 9.17) is 0 Å². The number of aliphatic imine (C=N–C) groups is 1. The fourth-order valence-corrected chi connectivity index (χ4v) is 5.02. The lowest BCUT2D eigenvalue weighted by Crippen LogP contribution is -2.42. The lowest BCUT2D eigenvalue weighted by atomic mass is 9.92. The molecule has 0 bridgehead atoms. The largest absolute Gasteiger partial charge is 0.352 e. The zero-order valence-electron chi connectivity index (χ0n) is 20.6. The van der Waals surface area contributed by atoms with Crippen molar-refractivity contribution in [2.24, 2.45) is 4.99 Å². The first-order valence-corrected chi connectivity index (χ1v) is 12.5. The van der Waals surface area contributed by atoms with Gasteiger partial charge in [-0.2, -0.15) is 0 Å². The van der Waals surface area contributed by atoms with Crippen LogP contribution in [-0.4, -0.2) is 39.9 Å². The fraction of sp³-hybridized carbons (Fsp3) is 0.296. The third-order valence-electron chi connectivity index (χ3n) is 6.26. The van der Waals surface area contributed by atoms with Gasteiger partial charge in [-0.15, -0.1) is 0 Å². The minimum atomic E-state index is -0.557. The molecule has 4 rings (SSSR count). The van der Waals surface area contributed by atoms with Crippen molar-refractivity contribution in [2.75, 3.05) is 7.05 Å². The molecule has 2 heterocycles. The van der Waals surface area contributed by atoms with Crippen molar-refractivity contribution in [1.29, 1.82) is 0 Å². The summed E-state index contributed by atoms with van der Waals surface area (Å²) < 4.78 is 26.9. The van der Waals surface area contributed by atoms with Crippen molar-refractivity contribution in [3.63, 3.8) is 0 Å². The van der Waals surface area contributed by atoms with Crippen molar-refractivity contribution < 1.29 is 18.4 Å². The van der Waals surface area contributed by atoms with Crippen LogP contribution in [0.1, 0.15) is 44.4 Å². The second kappa shape index (κ2) is 10.7. The minimum absolute atomic E-state index is 0.0303. The standard InChI is InChI=1S/C27H28F2N4O2S/c1-16(2)32(4)26(35)24-17(3)31-27-33(25(24)19-7-11-21(29)12-8-19)22(15-36-27)13-23(34)30-14-18-5-9-20(28)10-6-18/h5-12,15-16,25H,13-14H2,1-4H3,(H,30,34)/t25-/m1/s1. The lowest BCUT2D eigenvalue weighted by Gasteiger charge is -2.38. The van der Waals surface area contributed by atoms with Crippen molar-refractivity contribution in [2.45, 2.75) is 45.8 Å². The molecule has 0 saturated carbocycles. The van der Waals surface area contributed by atoms with E-state index < -0.39 is 6.04 Å². The highest BCUT2D eigenvalue weighted by Crippen LogP contribution is 2.45. The number of allylic oxidation sites excluding steroid dienone is 1. The monoisotopic (exact) mass is 510 g/mol. The summed E-state index contributed by atoms with van der Waals surface area (Å²) in [5, 5.41) is 5.38. The van der Waals surface area contributed by atoms with Gasteiger partial charge >= 0.3 is 0 Å². The van der Waals surface area contributed by atoms with Gasteiger partial charge in [0.1, 0.15) is 11.6 Å².